The zero-order valence-electron chi connectivity index (χ0n) is 15.0. The molecule has 142 valence electrons. The molecule has 1 heterocycles. The first kappa shape index (κ1) is 21.5. The van der Waals surface area contributed by atoms with Crippen LogP contribution in [0.2, 0.25) is 0 Å². The Balaban J connectivity index is 2.12. The second-order valence-corrected chi connectivity index (χ2v) is 8.52. The number of halogens is 3. The van der Waals surface area contributed by atoms with Crippen molar-refractivity contribution in [1.82, 2.24) is 4.90 Å². The molecule has 1 fully saturated rings. The van der Waals surface area contributed by atoms with E-state index in [1.165, 1.54) is 0 Å². The van der Waals surface area contributed by atoms with Gasteiger partial charge in [-0.2, -0.15) is 24.9 Å². The maximum absolute atomic E-state index is 12.2. The average molecular weight is 369 g/mol. The van der Waals surface area contributed by atoms with Gasteiger partial charge in [-0.15, -0.1) is 0 Å². The summed E-state index contributed by atoms with van der Waals surface area (Å²) in [6, 6.07) is 0.241. The highest BCUT2D eigenvalue weighted by Crippen LogP contribution is 2.25. The number of rotatable bonds is 8. The van der Waals surface area contributed by atoms with Crippen molar-refractivity contribution in [2.45, 2.75) is 83.5 Å². The van der Waals surface area contributed by atoms with Crippen LogP contribution in [0.15, 0.2) is 0 Å². The van der Waals surface area contributed by atoms with Gasteiger partial charge in [0.15, 0.2) is 0 Å². The fourth-order valence-corrected chi connectivity index (χ4v) is 3.73. The molecule has 0 aromatic rings. The maximum Gasteiger partial charge on any atom is 0.410 e. The van der Waals surface area contributed by atoms with Crippen LogP contribution in [0, 0.1) is 0 Å². The number of carbonyl (C=O) groups is 1. The Morgan fingerprint density at radius 3 is 2.46 bits per heavy atom. The Hall–Kier alpha value is -0.590. The van der Waals surface area contributed by atoms with Crippen molar-refractivity contribution in [1.29, 1.82) is 0 Å². The van der Waals surface area contributed by atoms with Gasteiger partial charge in [0.2, 0.25) is 0 Å². The molecule has 0 aliphatic carbocycles. The van der Waals surface area contributed by atoms with Crippen LogP contribution in [0.5, 0.6) is 0 Å². The van der Waals surface area contributed by atoms with Crippen LogP contribution in [0.3, 0.4) is 0 Å². The number of hydrogen-bond donors (Lipinski definition) is 0. The summed E-state index contributed by atoms with van der Waals surface area (Å²) in [4.78, 5) is 14.0. The molecule has 0 aromatic heterocycles. The number of nitrogens with zero attached hydrogens (tertiary/aromatic N) is 1. The van der Waals surface area contributed by atoms with Crippen molar-refractivity contribution in [3.63, 3.8) is 0 Å². The van der Waals surface area contributed by atoms with E-state index >= 15 is 0 Å². The van der Waals surface area contributed by atoms with E-state index < -0.39 is 18.2 Å². The highest BCUT2D eigenvalue weighted by atomic mass is 32.2. The molecule has 0 N–H and O–H groups in total. The largest absolute Gasteiger partial charge is 0.444 e. The van der Waals surface area contributed by atoms with E-state index in [9.17, 15) is 18.0 Å². The van der Waals surface area contributed by atoms with Crippen LogP contribution in [-0.2, 0) is 4.74 Å². The number of carbonyl (C=O) groups excluding carboxylic acids is 1. The first-order valence-electron chi connectivity index (χ1n) is 8.72. The molecule has 1 rings (SSSR count). The van der Waals surface area contributed by atoms with Crippen molar-refractivity contribution in [2.75, 3.05) is 18.1 Å². The Morgan fingerprint density at radius 2 is 1.83 bits per heavy atom. The molecule has 1 aliphatic heterocycles. The zero-order valence-corrected chi connectivity index (χ0v) is 15.8. The standard InChI is InChI=1S/C17H30F3NO2S/c1-16(2,3)23-15(22)21-11-6-8-14(21)9-7-13-24-12-5-4-10-17(18,19)20/h14H,4-13H2,1-3H3. The van der Waals surface area contributed by atoms with Gasteiger partial charge in [-0.1, -0.05) is 0 Å². The lowest BCUT2D eigenvalue weighted by Gasteiger charge is -2.28. The first-order chi connectivity index (χ1) is 11.1. The number of thioether (sulfide) groups is 1. The zero-order chi connectivity index (χ0) is 18.2. The fourth-order valence-electron chi connectivity index (χ4n) is 2.75. The lowest BCUT2D eigenvalue weighted by molar-refractivity contribution is -0.135. The fraction of sp³-hybridized carbons (Fsp3) is 0.941. The van der Waals surface area contributed by atoms with E-state index in [4.69, 9.17) is 4.74 Å². The van der Waals surface area contributed by atoms with E-state index in [1.54, 1.807) is 11.8 Å². The lowest BCUT2D eigenvalue weighted by Crippen LogP contribution is -2.39. The Kier molecular flexibility index (Phi) is 8.74. The van der Waals surface area contributed by atoms with Crippen LogP contribution in [0.25, 0.3) is 0 Å². The highest BCUT2D eigenvalue weighted by molar-refractivity contribution is 7.99. The third-order valence-electron chi connectivity index (χ3n) is 3.83. The molecular weight excluding hydrogens is 339 g/mol. The van der Waals surface area contributed by atoms with Gasteiger partial charge in [-0.3, -0.25) is 0 Å². The predicted octanol–water partition coefficient (Wildman–Crippen LogP) is 5.63. The lowest BCUT2D eigenvalue weighted by atomic mass is 10.1. The molecule has 7 heteroatoms. The summed E-state index contributed by atoms with van der Waals surface area (Å²) in [6.07, 6.45) is -0.181. The molecule has 0 bridgehead atoms. The summed E-state index contributed by atoms with van der Waals surface area (Å²) < 4.78 is 41.5. The topological polar surface area (TPSA) is 29.5 Å². The van der Waals surface area contributed by atoms with E-state index in [0.29, 0.717) is 6.42 Å². The SMILES string of the molecule is CC(C)(C)OC(=O)N1CCCC1CCCSCCCCC(F)(F)F. The number of alkyl halides is 3. The van der Waals surface area contributed by atoms with Crippen molar-refractivity contribution < 1.29 is 22.7 Å². The first-order valence-corrected chi connectivity index (χ1v) is 9.88. The summed E-state index contributed by atoms with van der Waals surface area (Å²) in [7, 11) is 0. The third-order valence-corrected chi connectivity index (χ3v) is 4.98. The monoisotopic (exact) mass is 369 g/mol. The van der Waals surface area contributed by atoms with Crippen LogP contribution >= 0.6 is 11.8 Å². The van der Waals surface area contributed by atoms with Crippen LogP contribution in [-0.4, -0.2) is 46.9 Å². The van der Waals surface area contributed by atoms with Crippen molar-refractivity contribution in [2.24, 2.45) is 0 Å². The molecule has 1 atom stereocenters. The van der Waals surface area contributed by atoms with Gasteiger partial charge in [0.05, 0.1) is 0 Å². The van der Waals surface area contributed by atoms with Gasteiger partial charge in [-0.05, 0) is 70.8 Å². The molecule has 0 aromatic carbocycles. The molecule has 3 nitrogen and oxygen atoms in total. The molecule has 1 saturated heterocycles. The number of likely N-dealkylation sites (tertiary alicyclic amines) is 1. The Morgan fingerprint density at radius 1 is 1.17 bits per heavy atom. The maximum atomic E-state index is 12.2. The van der Waals surface area contributed by atoms with Gasteiger partial charge in [0.1, 0.15) is 5.60 Å². The van der Waals surface area contributed by atoms with Crippen LogP contribution in [0.1, 0.15) is 65.7 Å². The minimum Gasteiger partial charge on any atom is -0.444 e. The summed E-state index contributed by atoms with van der Waals surface area (Å²) in [6.45, 7) is 6.35. The molecule has 1 unspecified atom stereocenters. The second kappa shape index (κ2) is 9.78. The Labute approximate surface area is 147 Å². The summed E-state index contributed by atoms with van der Waals surface area (Å²) >= 11 is 1.70. The van der Waals surface area contributed by atoms with E-state index in [1.807, 2.05) is 25.7 Å². The number of unbranched alkanes of at least 4 members (excludes halogenated alkanes) is 1. The molecule has 1 aliphatic rings. The smallest absolute Gasteiger partial charge is 0.410 e. The summed E-state index contributed by atoms with van der Waals surface area (Å²) in [5, 5.41) is 0. The number of amides is 1. The van der Waals surface area contributed by atoms with Gasteiger partial charge >= 0.3 is 12.3 Å². The molecule has 24 heavy (non-hydrogen) atoms. The van der Waals surface area contributed by atoms with E-state index in [-0.39, 0.29) is 18.6 Å². The molecule has 0 spiro atoms. The second-order valence-electron chi connectivity index (χ2n) is 7.30. The predicted molar refractivity (Wildman–Crippen MR) is 92.4 cm³/mol. The van der Waals surface area contributed by atoms with Crippen molar-refractivity contribution >= 4 is 17.9 Å². The molecule has 0 saturated carbocycles. The number of ether oxygens (including phenoxy) is 1. The normalized spacial score (nSPS) is 18.9. The Bertz CT molecular complexity index is 383. The van der Waals surface area contributed by atoms with Crippen molar-refractivity contribution in [3.05, 3.63) is 0 Å². The van der Waals surface area contributed by atoms with E-state index in [2.05, 4.69) is 0 Å². The summed E-state index contributed by atoms with van der Waals surface area (Å²) in [5.41, 5.74) is -0.476. The molecule has 0 radical (unpaired) electrons. The number of hydrogen-bond acceptors (Lipinski definition) is 3. The van der Waals surface area contributed by atoms with Gasteiger partial charge in [0, 0.05) is 19.0 Å². The quantitative estimate of drug-likeness (QED) is 0.519. The van der Waals surface area contributed by atoms with Crippen LogP contribution < -0.4 is 0 Å². The van der Waals surface area contributed by atoms with Gasteiger partial charge in [-0.25, -0.2) is 4.79 Å². The summed E-state index contributed by atoms with van der Waals surface area (Å²) in [5.74, 6) is 1.71. The molecule has 1 amide bonds. The highest BCUT2D eigenvalue weighted by Gasteiger charge is 2.31. The van der Waals surface area contributed by atoms with Gasteiger partial charge in [0.25, 0.3) is 0 Å². The van der Waals surface area contributed by atoms with E-state index in [0.717, 1.165) is 43.7 Å². The van der Waals surface area contributed by atoms with Gasteiger partial charge < -0.3 is 9.64 Å². The minimum absolute atomic E-state index is 0.214. The minimum atomic E-state index is -4.03. The third kappa shape index (κ3) is 9.64. The van der Waals surface area contributed by atoms with Crippen LogP contribution in [0.4, 0.5) is 18.0 Å². The van der Waals surface area contributed by atoms with Crippen molar-refractivity contribution in [3.8, 4) is 0 Å². The average Bonchev–Trinajstić information content (AvgIpc) is 2.87. The molecular formula is C17H30F3NO2S.